The Hall–Kier alpha value is -1.13. The second kappa shape index (κ2) is 7.34. The zero-order valence-electron chi connectivity index (χ0n) is 12.1. The summed E-state index contributed by atoms with van der Waals surface area (Å²) >= 11 is 0. The topological polar surface area (TPSA) is 37.4 Å². The smallest absolute Gasteiger partial charge is 0.128 e. The number of rotatable bonds is 7. The van der Waals surface area contributed by atoms with E-state index in [9.17, 15) is 0 Å². The summed E-state index contributed by atoms with van der Waals surface area (Å²) in [5, 5.41) is 3.38. The maximum Gasteiger partial charge on any atom is 0.128 e. The highest BCUT2D eigenvalue weighted by molar-refractivity contribution is 5.39. The van der Waals surface area contributed by atoms with Crippen molar-refractivity contribution in [3.63, 3.8) is 0 Å². The van der Waals surface area contributed by atoms with Gasteiger partial charge in [-0.1, -0.05) is 19.9 Å². The first-order chi connectivity index (χ1) is 8.54. The average Bonchev–Trinajstić information content (AvgIpc) is 2.36. The fourth-order valence-corrected chi connectivity index (χ4v) is 1.63. The van der Waals surface area contributed by atoms with Crippen LogP contribution >= 0.6 is 0 Å². The molecule has 0 saturated heterocycles. The van der Waals surface area contributed by atoms with Gasteiger partial charge in [-0.25, -0.2) is 4.98 Å². The van der Waals surface area contributed by atoms with Crippen LogP contribution in [0.15, 0.2) is 18.3 Å². The Labute approximate surface area is 110 Å². The van der Waals surface area contributed by atoms with Crippen molar-refractivity contribution in [3.8, 4) is 0 Å². The van der Waals surface area contributed by atoms with Crippen LogP contribution in [0.25, 0.3) is 0 Å². The molecule has 102 valence electrons. The van der Waals surface area contributed by atoms with Crippen LogP contribution in [0.2, 0.25) is 0 Å². The van der Waals surface area contributed by atoms with Crippen LogP contribution in [0.4, 0.5) is 5.82 Å². The maximum absolute atomic E-state index is 5.16. The third-order valence-corrected chi connectivity index (χ3v) is 2.95. The summed E-state index contributed by atoms with van der Waals surface area (Å²) in [6, 6.07) is 4.99. The van der Waals surface area contributed by atoms with E-state index >= 15 is 0 Å². The molecule has 0 bridgehead atoms. The molecule has 0 aliphatic heterocycles. The molecule has 0 radical (unpaired) electrons. The summed E-state index contributed by atoms with van der Waals surface area (Å²) in [5.74, 6) is 0.979. The number of hydrogen-bond donors (Lipinski definition) is 1. The van der Waals surface area contributed by atoms with Gasteiger partial charge in [0.25, 0.3) is 0 Å². The monoisotopic (exact) mass is 251 g/mol. The Morgan fingerprint density at radius 3 is 2.56 bits per heavy atom. The molecule has 0 spiro atoms. The summed E-state index contributed by atoms with van der Waals surface area (Å²) in [6.07, 6.45) is 1.93. The van der Waals surface area contributed by atoms with Crippen molar-refractivity contribution >= 4 is 5.82 Å². The van der Waals surface area contributed by atoms with E-state index in [2.05, 4.69) is 48.1 Å². The fourth-order valence-electron chi connectivity index (χ4n) is 1.63. The number of hydrogen-bond acceptors (Lipinski definition) is 4. The molecule has 0 aliphatic carbocycles. The van der Waals surface area contributed by atoms with Crippen molar-refractivity contribution in [2.45, 2.75) is 39.4 Å². The van der Waals surface area contributed by atoms with Crippen molar-refractivity contribution in [2.75, 3.05) is 25.7 Å². The van der Waals surface area contributed by atoms with Gasteiger partial charge < -0.3 is 15.0 Å². The molecule has 1 rings (SSSR count). The molecular formula is C14H25N3O. The van der Waals surface area contributed by atoms with E-state index < -0.39 is 0 Å². The first kappa shape index (κ1) is 14.9. The number of aromatic nitrogens is 1. The van der Waals surface area contributed by atoms with Crippen LogP contribution in [-0.4, -0.2) is 37.8 Å². The van der Waals surface area contributed by atoms with E-state index in [1.807, 2.05) is 13.2 Å². The van der Waals surface area contributed by atoms with Crippen molar-refractivity contribution in [2.24, 2.45) is 0 Å². The van der Waals surface area contributed by atoms with Crippen molar-refractivity contribution in [3.05, 3.63) is 23.9 Å². The number of likely N-dealkylation sites (N-methyl/N-ethyl adjacent to an activating group) is 1. The Balaban J connectivity index is 2.58. The number of ether oxygens (including phenoxy) is 1. The Bertz CT molecular complexity index is 337. The Morgan fingerprint density at radius 1 is 1.33 bits per heavy atom. The van der Waals surface area contributed by atoms with Gasteiger partial charge in [-0.05, 0) is 18.6 Å². The molecule has 1 aromatic rings. The molecule has 18 heavy (non-hydrogen) atoms. The van der Waals surface area contributed by atoms with E-state index in [-0.39, 0.29) is 0 Å². The normalized spacial score (nSPS) is 12.8. The SMILES string of the molecule is COCC(C)N(C)c1ccc(CNC(C)C)cn1. The largest absolute Gasteiger partial charge is 0.383 e. The molecule has 0 fully saturated rings. The van der Waals surface area contributed by atoms with Crippen LogP contribution < -0.4 is 10.2 Å². The second-order valence-corrected chi connectivity index (χ2v) is 4.98. The predicted octanol–water partition coefficient (Wildman–Crippen LogP) is 2.05. The van der Waals surface area contributed by atoms with Gasteiger partial charge in [-0.2, -0.15) is 0 Å². The van der Waals surface area contributed by atoms with E-state index in [0.29, 0.717) is 18.7 Å². The molecular weight excluding hydrogens is 226 g/mol. The molecule has 1 aromatic heterocycles. The number of nitrogens with zero attached hydrogens (tertiary/aromatic N) is 2. The minimum Gasteiger partial charge on any atom is -0.383 e. The van der Waals surface area contributed by atoms with Crippen LogP contribution in [0.3, 0.4) is 0 Å². The standard InChI is InChI=1S/C14H25N3O/c1-11(2)15-8-13-6-7-14(16-9-13)17(4)12(3)10-18-5/h6-7,9,11-12,15H,8,10H2,1-5H3. The summed E-state index contributed by atoms with van der Waals surface area (Å²) in [7, 11) is 3.76. The number of anilines is 1. The highest BCUT2D eigenvalue weighted by Crippen LogP contribution is 2.12. The van der Waals surface area contributed by atoms with Crippen LogP contribution in [-0.2, 0) is 11.3 Å². The minimum atomic E-state index is 0.321. The number of methoxy groups -OCH3 is 1. The maximum atomic E-state index is 5.16. The molecule has 0 aliphatic rings. The number of pyridine rings is 1. The summed E-state index contributed by atoms with van der Waals surface area (Å²) in [4.78, 5) is 6.62. The summed E-state index contributed by atoms with van der Waals surface area (Å²) in [5.41, 5.74) is 1.21. The van der Waals surface area contributed by atoms with E-state index in [0.717, 1.165) is 12.4 Å². The first-order valence-electron chi connectivity index (χ1n) is 6.44. The van der Waals surface area contributed by atoms with Gasteiger partial charge in [0.2, 0.25) is 0 Å². The molecule has 1 atom stereocenters. The average molecular weight is 251 g/mol. The summed E-state index contributed by atoms with van der Waals surface area (Å²) in [6.45, 7) is 7.97. The lowest BCUT2D eigenvalue weighted by molar-refractivity contribution is 0.183. The van der Waals surface area contributed by atoms with E-state index in [1.54, 1.807) is 7.11 Å². The van der Waals surface area contributed by atoms with Gasteiger partial charge >= 0.3 is 0 Å². The predicted molar refractivity (Wildman–Crippen MR) is 76.0 cm³/mol. The molecule has 1 unspecified atom stereocenters. The van der Waals surface area contributed by atoms with Gasteiger partial charge in [-0.3, -0.25) is 0 Å². The Kier molecular flexibility index (Phi) is 6.09. The Morgan fingerprint density at radius 2 is 2.06 bits per heavy atom. The lowest BCUT2D eigenvalue weighted by Crippen LogP contribution is -2.33. The highest BCUT2D eigenvalue weighted by atomic mass is 16.5. The van der Waals surface area contributed by atoms with Gasteiger partial charge in [0.15, 0.2) is 0 Å². The quantitative estimate of drug-likeness (QED) is 0.805. The molecule has 0 amide bonds. The fraction of sp³-hybridized carbons (Fsp3) is 0.643. The lowest BCUT2D eigenvalue weighted by atomic mass is 10.2. The summed E-state index contributed by atoms with van der Waals surface area (Å²) < 4.78 is 5.16. The molecule has 0 aromatic carbocycles. The number of nitrogens with one attached hydrogen (secondary N) is 1. The van der Waals surface area contributed by atoms with Crippen molar-refractivity contribution < 1.29 is 4.74 Å². The molecule has 0 saturated carbocycles. The highest BCUT2D eigenvalue weighted by Gasteiger charge is 2.10. The van der Waals surface area contributed by atoms with Gasteiger partial charge in [-0.15, -0.1) is 0 Å². The zero-order valence-corrected chi connectivity index (χ0v) is 12.1. The molecule has 4 nitrogen and oxygen atoms in total. The van der Waals surface area contributed by atoms with E-state index in [4.69, 9.17) is 4.74 Å². The van der Waals surface area contributed by atoms with Crippen LogP contribution in [0.5, 0.6) is 0 Å². The van der Waals surface area contributed by atoms with Crippen molar-refractivity contribution in [1.82, 2.24) is 10.3 Å². The zero-order chi connectivity index (χ0) is 13.5. The molecule has 1 heterocycles. The lowest BCUT2D eigenvalue weighted by Gasteiger charge is -2.25. The van der Waals surface area contributed by atoms with Crippen LogP contribution in [0.1, 0.15) is 26.3 Å². The van der Waals surface area contributed by atoms with Crippen molar-refractivity contribution in [1.29, 1.82) is 0 Å². The van der Waals surface area contributed by atoms with Crippen LogP contribution in [0, 0.1) is 0 Å². The van der Waals surface area contributed by atoms with Gasteiger partial charge in [0, 0.05) is 32.9 Å². The second-order valence-electron chi connectivity index (χ2n) is 4.98. The van der Waals surface area contributed by atoms with Gasteiger partial charge in [0.1, 0.15) is 5.82 Å². The van der Waals surface area contributed by atoms with Gasteiger partial charge in [0.05, 0.1) is 12.6 Å². The molecule has 4 heteroatoms. The first-order valence-corrected chi connectivity index (χ1v) is 6.44. The minimum absolute atomic E-state index is 0.321. The third kappa shape index (κ3) is 4.63. The van der Waals surface area contributed by atoms with E-state index in [1.165, 1.54) is 5.56 Å². The third-order valence-electron chi connectivity index (χ3n) is 2.95. The molecule has 1 N–H and O–H groups in total.